The van der Waals surface area contributed by atoms with E-state index in [1.165, 1.54) is 13.2 Å². The second-order valence-corrected chi connectivity index (χ2v) is 4.84. The van der Waals surface area contributed by atoms with Gasteiger partial charge in [0, 0.05) is 12.2 Å². The normalized spacial score (nSPS) is 10.7. The van der Waals surface area contributed by atoms with Crippen LogP contribution in [-0.2, 0) is 6.61 Å². The molecule has 0 unspecified atom stereocenters. The van der Waals surface area contributed by atoms with Crippen molar-refractivity contribution < 1.29 is 19.4 Å². The van der Waals surface area contributed by atoms with Crippen molar-refractivity contribution in [3.63, 3.8) is 0 Å². The Morgan fingerprint density at radius 3 is 2.71 bits per heavy atom. The van der Waals surface area contributed by atoms with Gasteiger partial charge in [-0.15, -0.1) is 0 Å². The molecule has 1 aromatic carbocycles. The first-order valence-electron chi connectivity index (χ1n) is 6.59. The molecule has 0 aliphatic heterocycles. The maximum atomic E-state index is 11.2. The molecule has 0 saturated carbocycles. The molecule has 1 heterocycles. The predicted octanol–water partition coefficient (Wildman–Crippen LogP) is 2.75. The minimum atomic E-state index is -1.06. The van der Waals surface area contributed by atoms with Gasteiger partial charge in [-0.3, -0.25) is 4.68 Å². The van der Waals surface area contributed by atoms with E-state index in [0.29, 0.717) is 11.5 Å². The Balaban J connectivity index is 2.13. The highest BCUT2D eigenvalue weighted by Crippen LogP contribution is 2.25. The summed E-state index contributed by atoms with van der Waals surface area (Å²) in [6.07, 6.45) is 1.87. The molecule has 112 valence electrons. The van der Waals surface area contributed by atoms with Crippen LogP contribution in [-0.4, -0.2) is 28.0 Å². The van der Waals surface area contributed by atoms with Gasteiger partial charge in [-0.05, 0) is 38.1 Å². The van der Waals surface area contributed by atoms with Gasteiger partial charge in [-0.25, -0.2) is 4.79 Å². The van der Waals surface area contributed by atoms with Crippen molar-refractivity contribution in [2.75, 3.05) is 7.11 Å². The van der Waals surface area contributed by atoms with Gasteiger partial charge < -0.3 is 14.6 Å². The molecule has 2 aromatic rings. The maximum Gasteiger partial charge on any atom is 0.339 e. The second-order valence-electron chi connectivity index (χ2n) is 4.84. The summed E-state index contributed by atoms with van der Waals surface area (Å²) in [4.78, 5) is 11.2. The Kier molecular flexibility index (Phi) is 4.47. The fourth-order valence-electron chi connectivity index (χ4n) is 1.82. The van der Waals surface area contributed by atoms with Gasteiger partial charge in [0.15, 0.2) is 0 Å². The van der Waals surface area contributed by atoms with Crippen LogP contribution in [0, 0.1) is 0 Å². The zero-order chi connectivity index (χ0) is 15.4. The molecule has 0 amide bonds. The van der Waals surface area contributed by atoms with E-state index >= 15 is 0 Å². The van der Waals surface area contributed by atoms with Crippen LogP contribution in [0.4, 0.5) is 0 Å². The van der Waals surface area contributed by atoms with E-state index in [1.54, 1.807) is 12.1 Å². The van der Waals surface area contributed by atoms with E-state index in [2.05, 4.69) is 5.10 Å². The third kappa shape index (κ3) is 3.53. The van der Waals surface area contributed by atoms with Crippen molar-refractivity contribution in [1.29, 1.82) is 0 Å². The van der Waals surface area contributed by atoms with Crippen LogP contribution >= 0.6 is 0 Å². The van der Waals surface area contributed by atoms with E-state index < -0.39 is 5.97 Å². The molecule has 1 aromatic heterocycles. The SMILES string of the molecule is COc1ccc(OCc2ccn(C(C)C)n2)c(C(=O)O)c1. The molecule has 1 N–H and O–H groups in total. The molecule has 6 nitrogen and oxygen atoms in total. The standard InChI is InChI=1S/C15H18N2O4/c1-10(2)17-7-6-11(16-17)9-21-14-5-4-12(20-3)8-13(14)15(18)19/h4-8,10H,9H2,1-3H3,(H,18,19). The van der Waals surface area contributed by atoms with E-state index in [1.807, 2.05) is 30.8 Å². The summed E-state index contributed by atoms with van der Waals surface area (Å²) in [7, 11) is 1.49. The smallest absolute Gasteiger partial charge is 0.339 e. The molecule has 0 atom stereocenters. The highest BCUT2D eigenvalue weighted by atomic mass is 16.5. The largest absolute Gasteiger partial charge is 0.497 e. The first-order chi connectivity index (χ1) is 10.0. The van der Waals surface area contributed by atoms with Crippen LogP contribution in [0.2, 0.25) is 0 Å². The molecule has 0 fully saturated rings. The lowest BCUT2D eigenvalue weighted by Gasteiger charge is -2.09. The Hall–Kier alpha value is -2.50. The van der Waals surface area contributed by atoms with Gasteiger partial charge >= 0.3 is 5.97 Å². The average Bonchev–Trinajstić information content (AvgIpc) is 2.94. The number of hydrogen-bond donors (Lipinski definition) is 1. The summed E-state index contributed by atoms with van der Waals surface area (Å²) in [5.74, 6) is -0.289. The number of benzene rings is 1. The van der Waals surface area contributed by atoms with Crippen molar-refractivity contribution in [3.8, 4) is 11.5 Å². The molecule has 0 bridgehead atoms. The molecule has 0 spiro atoms. The lowest BCUT2D eigenvalue weighted by molar-refractivity contribution is 0.0691. The zero-order valence-electron chi connectivity index (χ0n) is 12.2. The number of carbonyl (C=O) groups is 1. The average molecular weight is 290 g/mol. The van der Waals surface area contributed by atoms with E-state index in [4.69, 9.17) is 9.47 Å². The first kappa shape index (κ1) is 14.9. The van der Waals surface area contributed by atoms with Gasteiger partial charge in [0.05, 0.1) is 12.8 Å². The number of carboxylic acids is 1. The highest BCUT2D eigenvalue weighted by Gasteiger charge is 2.13. The molecule has 21 heavy (non-hydrogen) atoms. The first-order valence-corrected chi connectivity index (χ1v) is 6.59. The zero-order valence-corrected chi connectivity index (χ0v) is 12.2. The van der Waals surface area contributed by atoms with E-state index in [9.17, 15) is 9.90 Å². The van der Waals surface area contributed by atoms with Crippen LogP contribution in [0.15, 0.2) is 30.5 Å². The molecule has 0 saturated heterocycles. The number of rotatable bonds is 6. The topological polar surface area (TPSA) is 73.6 Å². The van der Waals surface area contributed by atoms with Crippen LogP contribution in [0.5, 0.6) is 11.5 Å². The number of ether oxygens (including phenoxy) is 2. The molecule has 6 heteroatoms. The van der Waals surface area contributed by atoms with Crippen LogP contribution in [0.1, 0.15) is 35.9 Å². The molecular formula is C15H18N2O4. The Labute approximate surface area is 122 Å². The van der Waals surface area contributed by atoms with Crippen molar-refractivity contribution in [1.82, 2.24) is 9.78 Å². The fourth-order valence-corrected chi connectivity index (χ4v) is 1.82. The fraction of sp³-hybridized carbons (Fsp3) is 0.333. The number of carboxylic acid groups (broad SMARTS) is 1. The van der Waals surface area contributed by atoms with Crippen molar-refractivity contribution in [3.05, 3.63) is 41.7 Å². The van der Waals surface area contributed by atoms with Gasteiger partial charge in [-0.2, -0.15) is 5.10 Å². The summed E-state index contributed by atoms with van der Waals surface area (Å²) in [5.41, 5.74) is 0.813. The monoisotopic (exact) mass is 290 g/mol. The number of nitrogens with zero attached hydrogens (tertiary/aromatic N) is 2. The number of aromatic nitrogens is 2. The molecule has 0 aliphatic rings. The molecule has 0 aliphatic carbocycles. The van der Waals surface area contributed by atoms with E-state index in [-0.39, 0.29) is 18.2 Å². The van der Waals surface area contributed by atoms with Crippen LogP contribution < -0.4 is 9.47 Å². The number of hydrogen-bond acceptors (Lipinski definition) is 4. The third-order valence-corrected chi connectivity index (χ3v) is 2.99. The molecular weight excluding hydrogens is 272 g/mol. The molecule has 0 radical (unpaired) electrons. The van der Waals surface area contributed by atoms with Crippen molar-refractivity contribution in [2.24, 2.45) is 0 Å². The summed E-state index contributed by atoms with van der Waals surface area (Å²) in [5, 5.41) is 13.6. The van der Waals surface area contributed by atoms with Crippen molar-refractivity contribution in [2.45, 2.75) is 26.5 Å². The maximum absolute atomic E-state index is 11.2. The van der Waals surface area contributed by atoms with Gasteiger partial charge in [0.25, 0.3) is 0 Å². The lowest BCUT2D eigenvalue weighted by atomic mass is 10.2. The summed E-state index contributed by atoms with van der Waals surface area (Å²) < 4.78 is 12.4. The predicted molar refractivity (Wildman–Crippen MR) is 76.9 cm³/mol. The Morgan fingerprint density at radius 1 is 1.38 bits per heavy atom. The van der Waals surface area contributed by atoms with Crippen molar-refractivity contribution >= 4 is 5.97 Å². The second kappa shape index (κ2) is 6.30. The minimum absolute atomic E-state index is 0.0673. The Morgan fingerprint density at radius 2 is 2.14 bits per heavy atom. The van der Waals surface area contributed by atoms with Gasteiger partial charge in [0.1, 0.15) is 23.7 Å². The van der Waals surface area contributed by atoms with Crippen LogP contribution in [0.25, 0.3) is 0 Å². The van der Waals surface area contributed by atoms with Gasteiger partial charge in [-0.1, -0.05) is 0 Å². The molecule has 2 rings (SSSR count). The quantitative estimate of drug-likeness (QED) is 0.885. The lowest BCUT2D eigenvalue weighted by Crippen LogP contribution is -2.06. The third-order valence-electron chi connectivity index (χ3n) is 2.99. The summed E-state index contributed by atoms with van der Waals surface area (Å²) in [6, 6.07) is 6.80. The summed E-state index contributed by atoms with van der Waals surface area (Å²) in [6.45, 7) is 4.28. The van der Waals surface area contributed by atoms with E-state index in [0.717, 1.165) is 5.69 Å². The Bertz CT molecular complexity index is 634. The van der Waals surface area contributed by atoms with Gasteiger partial charge in [0.2, 0.25) is 0 Å². The summed E-state index contributed by atoms with van der Waals surface area (Å²) >= 11 is 0. The number of aromatic carboxylic acids is 1. The van der Waals surface area contributed by atoms with Crippen LogP contribution in [0.3, 0.4) is 0 Å². The number of methoxy groups -OCH3 is 1. The highest BCUT2D eigenvalue weighted by molar-refractivity contribution is 5.91. The minimum Gasteiger partial charge on any atom is -0.497 e.